The zero-order valence-electron chi connectivity index (χ0n) is 19.2. The molecule has 2 atom stereocenters. The van der Waals surface area contributed by atoms with Crippen LogP contribution in [0.1, 0.15) is 62.7 Å². The SMILES string of the molecule is C[C@@H]1C[C@@H](C)CN(Cc2csc(NC(=O)CNC(=O)c3ccc(C(C)(C)C)cc3)n2)C1. The Hall–Kier alpha value is -2.25. The van der Waals surface area contributed by atoms with Crippen molar-refractivity contribution in [2.24, 2.45) is 11.8 Å². The molecule has 2 heterocycles. The van der Waals surface area contributed by atoms with Crippen LogP contribution < -0.4 is 10.6 Å². The molecule has 1 saturated heterocycles. The van der Waals surface area contributed by atoms with E-state index in [1.165, 1.54) is 17.8 Å². The normalized spacial score (nSPS) is 19.8. The third-order valence-corrected chi connectivity index (χ3v) is 6.36. The Balaban J connectivity index is 1.46. The molecule has 1 aromatic heterocycles. The lowest BCUT2D eigenvalue weighted by molar-refractivity contribution is -0.115. The summed E-state index contributed by atoms with van der Waals surface area (Å²) >= 11 is 1.42. The number of carbonyl (C=O) groups excluding carboxylic acids is 2. The van der Waals surface area contributed by atoms with Crippen LogP contribution in [0.3, 0.4) is 0 Å². The molecule has 2 aromatic rings. The van der Waals surface area contributed by atoms with E-state index < -0.39 is 0 Å². The number of aromatic nitrogens is 1. The maximum absolute atomic E-state index is 12.3. The number of benzene rings is 1. The lowest BCUT2D eigenvalue weighted by Gasteiger charge is -2.34. The maximum atomic E-state index is 12.3. The summed E-state index contributed by atoms with van der Waals surface area (Å²) in [5.41, 5.74) is 2.72. The molecule has 0 unspecified atom stereocenters. The summed E-state index contributed by atoms with van der Waals surface area (Å²) in [5.74, 6) is 0.870. The topological polar surface area (TPSA) is 74.3 Å². The molecule has 7 heteroatoms. The Morgan fingerprint density at radius 3 is 2.39 bits per heavy atom. The number of anilines is 1. The van der Waals surface area contributed by atoms with Gasteiger partial charge in [-0.15, -0.1) is 11.3 Å². The van der Waals surface area contributed by atoms with Gasteiger partial charge in [-0.05, 0) is 41.4 Å². The molecule has 31 heavy (non-hydrogen) atoms. The fourth-order valence-electron chi connectivity index (χ4n) is 4.13. The van der Waals surface area contributed by atoms with Crippen molar-refractivity contribution < 1.29 is 9.59 Å². The number of rotatable bonds is 6. The van der Waals surface area contributed by atoms with E-state index in [-0.39, 0.29) is 23.8 Å². The van der Waals surface area contributed by atoms with Crippen LogP contribution in [0, 0.1) is 11.8 Å². The molecular weight excluding hydrogens is 408 g/mol. The summed E-state index contributed by atoms with van der Waals surface area (Å²) in [6.45, 7) is 13.9. The molecule has 0 radical (unpaired) electrons. The first-order valence-electron chi connectivity index (χ1n) is 11.0. The summed E-state index contributed by atoms with van der Waals surface area (Å²) in [4.78, 5) is 31.6. The van der Waals surface area contributed by atoms with E-state index >= 15 is 0 Å². The van der Waals surface area contributed by atoms with Gasteiger partial charge in [0.15, 0.2) is 5.13 Å². The molecular formula is C24H34N4O2S. The first kappa shape index (κ1) is 23.4. The highest BCUT2D eigenvalue weighted by Crippen LogP contribution is 2.24. The van der Waals surface area contributed by atoms with E-state index in [1.54, 1.807) is 12.1 Å². The average molecular weight is 443 g/mol. The second-order valence-corrected chi connectivity index (χ2v) is 10.7. The first-order valence-corrected chi connectivity index (χ1v) is 11.8. The van der Waals surface area contributed by atoms with Crippen LogP contribution in [-0.2, 0) is 16.8 Å². The quantitative estimate of drug-likeness (QED) is 0.700. The highest BCUT2D eigenvalue weighted by molar-refractivity contribution is 7.13. The van der Waals surface area contributed by atoms with Gasteiger partial charge in [-0.3, -0.25) is 14.5 Å². The molecule has 2 N–H and O–H groups in total. The second kappa shape index (κ2) is 9.92. The van der Waals surface area contributed by atoms with Crippen LogP contribution in [0.2, 0.25) is 0 Å². The summed E-state index contributed by atoms with van der Waals surface area (Å²) < 4.78 is 0. The molecule has 1 aliphatic heterocycles. The van der Waals surface area contributed by atoms with Gasteiger partial charge in [0.05, 0.1) is 12.2 Å². The zero-order chi connectivity index (χ0) is 22.6. The van der Waals surface area contributed by atoms with E-state index in [9.17, 15) is 9.59 Å². The molecule has 1 aliphatic rings. The van der Waals surface area contributed by atoms with Crippen molar-refractivity contribution in [3.05, 3.63) is 46.5 Å². The minimum atomic E-state index is -0.277. The van der Waals surface area contributed by atoms with Gasteiger partial charge in [0, 0.05) is 30.6 Å². The lowest BCUT2D eigenvalue weighted by atomic mass is 9.87. The van der Waals surface area contributed by atoms with Gasteiger partial charge in [-0.25, -0.2) is 4.98 Å². The summed E-state index contributed by atoms with van der Waals surface area (Å²) in [6, 6.07) is 7.50. The van der Waals surface area contributed by atoms with Crippen LogP contribution in [-0.4, -0.2) is 41.3 Å². The molecule has 168 valence electrons. The van der Waals surface area contributed by atoms with E-state index in [1.807, 2.05) is 17.5 Å². The Bertz CT molecular complexity index is 891. The van der Waals surface area contributed by atoms with Crippen LogP contribution in [0.25, 0.3) is 0 Å². The maximum Gasteiger partial charge on any atom is 0.251 e. The van der Waals surface area contributed by atoms with Gasteiger partial charge < -0.3 is 10.6 Å². The Kier molecular flexibility index (Phi) is 7.49. The van der Waals surface area contributed by atoms with Crippen molar-refractivity contribution in [1.82, 2.24) is 15.2 Å². The number of hydrogen-bond acceptors (Lipinski definition) is 5. The molecule has 1 fully saturated rings. The Labute approximate surface area is 189 Å². The predicted molar refractivity (Wildman–Crippen MR) is 126 cm³/mol. The van der Waals surface area contributed by atoms with Crippen molar-refractivity contribution in [3.63, 3.8) is 0 Å². The van der Waals surface area contributed by atoms with E-state index in [0.717, 1.165) is 30.9 Å². The number of nitrogens with one attached hydrogen (secondary N) is 2. The van der Waals surface area contributed by atoms with Gasteiger partial charge in [0.25, 0.3) is 5.91 Å². The van der Waals surface area contributed by atoms with E-state index in [0.29, 0.717) is 22.5 Å². The summed E-state index contributed by atoms with van der Waals surface area (Å²) in [6.07, 6.45) is 1.28. The Morgan fingerprint density at radius 1 is 1.13 bits per heavy atom. The average Bonchev–Trinajstić information content (AvgIpc) is 3.11. The first-order chi connectivity index (χ1) is 14.6. The second-order valence-electron chi connectivity index (χ2n) is 9.84. The van der Waals surface area contributed by atoms with Crippen molar-refractivity contribution >= 4 is 28.3 Å². The van der Waals surface area contributed by atoms with Crippen molar-refractivity contribution in [2.45, 2.75) is 53.0 Å². The number of likely N-dealkylation sites (tertiary alicyclic amines) is 1. The highest BCUT2D eigenvalue weighted by atomic mass is 32.1. The van der Waals surface area contributed by atoms with E-state index in [4.69, 9.17) is 0 Å². The molecule has 1 aromatic carbocycles. The van der Waals surface area contributed by atoms with E-state index in [2.05, 4.69) is 55.1 Å². The number of nitrogens with zero attached hydrogens (tertiary/aromatic N) is 2. The zero-order valence-corrected chi connectivity index (χ0v) is 20.0. The van der Waals surface area contributed by atoms with Gasteiger partial charge >= 0.3 is 0 Å². The van der Waals surface area contributed by atoms with Crippen molar-refractivity contribution in [3.8, 4) is 0 Å². The largest absolute Gasteiger partial charge is 0.343 e. The summed E-state index contributed by atoms with van der Waals surface area (Å²) in [7, 11) is 0. The number of hydrogen-bond donors (Lipinski definition) is 2. The number of thiazole rings is 1. The smallest absolute Gasteiger partial charge is 0.251 e. The number of piperidine rings is 1. The lowest BCUT2D eigenvalue weighted by Crippen LogP contribution is -2.38. The fraction of sp³-hybridized carbons (Fsp3) is 0.542. The van der Waals surface area contributed by atoms with Gasteiger partial charge in [-0.2, -0.15) is 0 Å². The monoisotopic (exact) mass is 442 g/mol. The van der Waals surface area contributed by atoms with Gasteiger partial charge in [0.1, 0.15) is 0 Å². The molecule has 0 spiro atoms. The molecule has 0 saturated carbocycles. The molecule has 0 aliphatic carbocycles. The van der Waals surface area contributed by atoms with Gasteiger partial charge in [0.2, 0.25) is 5.91 Å². The third kappa shape index (κ3) is 6.87. The Morgan fingerprint density at radius 2 is 1.77 bits per heavy atom. The summed E-state index contributed by atoms with van der Waals surface area (Å²) in [5, 5.41) is 8.03. The molecule has 3 rings (SSSR count). The number of carbonyl (C=O) groups is 2. The van der Waals surface area contributed by atoms with Crippen LogP contribution in [0.4, 0.5) is 5.13 Å². The molecule has 0 bridgehead atoms. The van der Waals surface area contributed by atoms with Crippen LogP contribution in [0.15, 0.2) is 29.6 Å². The van der Waals surface area contributed by atoms with Gasteiger partial charge in [-0.1, -0.05) is 46.8 Å². The van der Waals surface area contributed by atoms with Crippen LogP contribution >= 0.6 is 11.3 Å². The van der Waals surface area contributed by atoms with Crippen LogP contribution in [0.5, 0.6) is 0 Å². The minimum Gasteiger partial charge on any atom is -0.343 e. The fourth-order valence-corrected chi connectivity index (χ4v) is 4.85. The number of amides is 2. The van der Waals surface area contributed by atoms with Crippen molar-refractivity contribution in [1.29, 1.82) is 0 Å². The van der Waals surface area contributed by atoms with Crippen molar-refractivity contribution in [2.75, 3.05) is 25.0 Å². The third-order valence-electron chi connectivity index (χ3n) is 5.55. The predicted octanol–water partition coefficient (Wildman–Crippen LogP) is 4.29. The minimum absolute atomic E-state index is 0.0337. The molecule has 6 nitrogen and oxygen atoms in total. The molecule has 2 amide bonds. The standard InChI is InChI=1S/C24H34N4O2S/c1-16-10-17(2)13-28(12-16)14-20-15-31-23(26-20)27-21(29)11-25-22(30)18-6-8-19(9-7-18)24(3,4)5/h6-9,15-17H,10-14H2,1-5H3,(H,25,30)(H,26,27,29)/t16-,17-/m1/s1. The highest BCUT2D eigenvalue weighted by Gasteiger charge is 2.22.